The van der Waals surface area contributed by atoms with Crippen LogP contribution in [0.5, 0.6) is 0 Å². The van der Waals surface area contributed by atoms with Gasteiger partial charge in [0.15, 0.2) is 0 Å². The molecule has 0 amide bonds. The van der Waals surface area contributed by atoms with E-state index in [2.05, 4.69) is 52.6 Å². The molecular weight excluding hydrogens is 170 g/mol. The average Bonchev–Trinajstić information content (AvgIpc) is 2.03. The van der Waals surface area contributed by atoms with Crippen LogP contribution in [0.1, 0.15) is 54.4 Å². The quantitative estimate of drug-likeness (QED) is 0.583. The third-order valence-corrected chi connectivity index (χ3v) is 2.17. The first-order valence-corrected chi connectivity index (χ1v) is 5.34. The van der Waals surface area contributed by atoms with Crippen LogP contribution in [0.15, 0.2) is 27.9 Å². The molecule has 0 fully saturated rings. The molecule has 1 nitrogen and oxygen atoms in total. The molecule has 0 spiro atoms. The number of nitrogens with zero attached hydrogens (tertiary/aromatic N) is 1. The number of rotatable bonds is 4. The predicted octanol–water partition coefficient (Wildman–Crippen LogP) is 4.51. The molecule has 0 saturated heterocycles. The van der Waals surface area contributed by atoms with Crippen molar-refractivity contribution in [3.05, 3.63) is 22.9 Å². The minimum Gasteiger partial charge on any atom is -0.259 e. The Morgan fingerprint density at radius 2 is 1.64 bits per heavy atom. The van der Waals surface area contributed by atoms with Gasteiger partial charge in [0.1, 0.15) is 0 Å². The Bertz CT molecular complexity index is 263. The zero-order valence-electron chi connectivity index (χ0n) is 10.4. The van der Waals surface area contributed by atoms with Crippen molar-refractivity contribution < 1.29 is 0 Å². The van der Waals surface area contributed by atoms with Gasteiger partial charge in [-0.3, -0.25) is 4.99 Å². The van der Waals surface area contributed by atoms with Crippen molar-refractivity contribution in [1.29, 1.82) is 0 Å². The van der Waals surface area contributed by atoms with Crippen molar-refractivity contribution in [2.24, 2.45) is 4.99 Å². The third kappa shape index (κ3) is 5.74. The zero-order valence-corrected chi connectivity index (χ0v) is 10.4. The van der Waals surface area contributed by atoms with Gasteiger partial charge in [-0.1, -0.05) is 24.5 Å². The maximum Gasteiger partial charge on any atom is 0.0375 e. The molecule has 0 aromatic rings. The molecule has 80 valence electrons. The predicted molar refractivity (Wildman–Crippen MR) is 65.8 cm³/mol. The normalized spacial score (nSPS) is 13.0. The highest BCUT2D eigenvalue weighted by Crippen LogP contribution is 2.07. The molecule has 0 aliphatic heterocycles. The summed E-state index contributed by atoms with van der Waals surface area (Å²) in [4.78, 5) is 4.52. The Kier molecular flexibility index (Phi) is 6.18. The van der Waals surface area contributed by atoms with E-state index in [-0.39, 0.29) is 0 Å². The van der Waals surface area contributed by atoms with Crippen LogP contribution in [0.3, 0.4) is 0 Å². The lowest BCUT2D eigenvalue weighted by molar-refractivity contribution is 0.906. The van der Waals surface area contributed by atoms with Crippen molar-refractivity contribution in [2.75, 3.05) is 0 Å². The topological polar surface area (TPSA) is 12.4 Å². The van der Waals surface area contributed by atoms with Gasteiger partial charge in [-0.05, 0) is 47.1 Å². The SMILES string of the molecule is CCC/C(C)=C/C(C)=NC(C)=C(C)C. The van der Waals surface area contributed by atoms with E-state index in [0.29, 0.717) is 0 Å². The van der Waals surface area contributed by atoms with Crippen LogP contribution in [0.2, 0.25) is 0 Å². The first-order chi connectivity index (χ1) is 6.47. The summed E-state index contributed by atoms with van der Waals surface area (Å²) in [6.45, 7) is 12.7. The molecule has 0 aromatic heterocycles. The van der Waals surface area contributed by atoms with E-state index in [1.54, 1.807) is 0 Å². The fourth-order valence-corrected chi connectivity index (χ4v) is 1.23. The number of hydrogen-bond donors (Lipinski definition) is 0. The Balaban J connectivity index is 4.56. The first kappa shape index (κ1) is 13.2. The third-order valence-electron chi connectivity index (χ3n) is 2.17. The highest BCUT2D eigenvalue weighted by Gasteiger charge is 1.92. The monoisotopic (exact) mass is 193 g/mol. The smallest absolute Gasteiger partial charge is 0.0375 e. The number of aliphatic imine (C=N–C) groups is 1. The lowest BCUT2D eigenvalue weighted by Crippen LogP contribution is -1.89. The van der Waals surface area contributed by atoms with Crippen LogP contribution in [0, 0.1) is 0 Å². The van der Waals surface area contributed by atoms with Gasteiger partial charge < -0.3 is 0 Å². The summed E-state index contributed by atoms with van der Waals surface area (Å²) in [6.07, 6.45) is 4.55. The van der Waals surface area contributed by atoms with Crippen LogP contribution in [0.4, 0.5) is 0 Å². The summed E-state index contributed by atoms with van der Waals surface area (Å²) < 4.78 is 0. The summed E-state index contributed by atoms with van der Waals surface area (Å²) in [7, 11) is 0. The maximum atomic E-state index is 4.52. The van der Waals surface area contributed by atoms with Crippen LogP contribution >= 0.6 is 0 Å². The van der Waals surface area contributed by atoms with Crippen molar-refractivity contribution in [3.8, 4) is 0 Å². The van der Waals surface area contributed by atoms with E-state index in [9.17, 15) is 0 Å². The molecule has 0 bridgehead atoms. The number of hydrogen-bond acceptors (Lipinski definition) is 1. The van der Waals surface area contributed by atoms with Gasteiger partial charge in [-0.15, -0.1) is 0 Å². The molecule has 0 saturated carbocycles. The largest absolute Gasteiger partial charge is 0.259 e. The van der Waals surface area contributed by atoms with Crippen molar-refractivity contribution in [3.63, 3.8) is 0 Å². The molecular formula is C13H23N. The van der Waals surface area contributed by atoms with E-state index in [1.165, 1.54) is 24.0 Å². The molecule has 0 heterocycles. The maximum absolute atomic E-state index is 4.52. The van der Waals surface area contributed by atoms with Gasteiger partial charge in [-0.2, -0.15) is 0 Å². The molecule has 0 radical (unpaired) electrons. The van der Waals surface area contributed by atoms with Gasteiger partial charge in [-0.25, -0.2) is 0 Å². The fraction of sp³-hybridized carbons (Fsp3) is 0.615. The summed E-state index contributed by atoms with van der Waals surface area (Å²) in [6, 6.07) is 0. The second kappa shape index (κ2) is 6.58. The molecule has 0 rings (SSSR count). The molecule has 0 aliphatic rings. The van der Waals surface area contributed by atoms with Crippen LogP contribution in [-0.4, -0.2) is 5.71 Å². The molecule has 0 aliphatic carbocycles. The summed E-state index contributed by atoms with van der Waals surface area (Å²) in [5.74, 6) is 0. The zero-order chi connectivity index (χ0) is 11.1. The van der Waals surface area contributed by atoms with Gasteiger partial charge in [0.05, 0.1) is 0 Å². The van der Waals surface area contributed by atoms with E-state index in [4.69, 9.17) is 0 Å². The summed E-state index contributed by atoms with van der Waals surface area (Å²) >= 11 is 0. The van der Waals surface area contributed by atoms with E-state index in [0.717, 1.165) is 11.4 Å². The Morgan fingerprint density at radius 3 is 2.07 bits per heavy atom. The van der Waals surface area contributed by atoms with E-state index >= 15 is 0 Å². The number of allylic oxidation sites excluding steroid dienone is 4. The minimum absolute atomic E-state index is 1.11. The molecule has 0 aromatic carbocycles. The van der Waals surface area contributed by atoms with Crippen LogP contribution < -0.4 is 0 Å². The molecule has 0 atom stereocenters. The summed E-state index contributed by atoms with van der Waals surface area (Å²) in [5, 5.41) is 0. The van der Waals surface area contributed by atoms with Crippen molar-refractivity contribution >= 4 is 5.71 Å². The standard InChI is InChI=1S/C13H23N/c1-7-8-11(4)9-12(5)14-13(6)10(2)3/h9H,7-8H2,1-6H3/b11-9+,14-12?. The lowest BCUT2D eigenvalue weighted by Gasteiger charge is -2.00. The lowest BCUT2D eigenvalue weighted by atomic mass is 10.1. The molecule has 0 N–H and O–H groups in total. The fourth-order valence-electron chi connectivity index (χ4n) is 1.23. The van der Waals surface area contributed by atoms with E-state index < -0.39 is 0 Å². The minimum atomic E-state index is 1.11. The van der Waals surface area contributed by atoms with E-state index in [1.807, 2.05) is 0 Å². The average molecular weight is 193 g/mol. The Hall–Kier alpha value is -0.850. The highest BCUT2D eigenvalue weighted by molar-refractivity contribution is 5.94. The highest BCUT2D eigenvalue weighted by atomic mass is 14.7. The van der Waals surface area contributed by atoms with Crippen molar-refractivity contribution in [2.45, 2.75) is 54.4 Å². The first-order valence-electron chi connectivity index (χ1n) is 5.34. The molecule has 14 heavy (non-hydrogen) atoms. The second-order valence-corrected chi connectivity index (χ2v) is 4.08. The molecule has 1 heteroatoms. The van der Waals surface area contributed by atoms with Crippen molar-refractivity contribution in [1.82, 2.24) is 0 Å². The van der Waals surface area contributed by atoms with Crippen LogP contribution in [-0.2, 0) is 0 Å². The van der Waals surface area contributed by atoms with Gasteiger partial charge in [0.2, 0.25) is 0 Å². The van der Waals surface area contributed by atoms with Gasteiger partial charge in [0, 0.05) is 11.4 Å². The Morgan fingerprint density at radius 1 is 1.07 bits per heavy atom. The molecule has 0 unspecified atom stereocenters. The Labute approximate surface area is 88.6 Å². The van der Waals surface area contributed by atoms with Gasteiger partial charge in [0.25, 0.3) is 0 Å². The summed E-state index contributed by atoms with van der Waals surface area (Å²) in [5.41, 5.74) is 4.93. The van der Waals surface area contributed by atoms with Crippen LogP contribution in [0.25, 0.3) is 0 Å². The second-order valence-electron chi connectivity index (χ2n) is 4.08. The van der Waals surface area contributed by atoms with Gasteiger partial charge >= 0.3 is 0 Å².